The van der Waals surface area contributed by atoms with Crippen molar-refractivity contribution >= 4 is 13.6 Å². The number of esters is 1. The molecule has 0 saturated heterocycles. The van der Waals surface area contributed by atoms with Crippen LogP contribution in [0.2, 0.25) is 0 Å². The van der Waals surface area contributed by atoms with Gasteiger partial charge in [-0.1, -0.05) is 24.8 Å². The SMILES string of the molecule is C=C[C@H](OC(=O)c1ccccc1)P(=O)(OC)OC. The van der Waals surface area contributed by atoms with Gasteiger partial charge in [-0.05, 0) is 18.2 Å². The zero-order valence-electron chi connectivity index (χ0n) is 10.2. The lowest BCUT2D eigenvalue weighted by Crippen LogP contribution is -2.18. The van der Waals surface area contributed by atoms with E-state index in [1.165, 1.54) is 20.3 Å². The van der Waals surface area contributed by atoms with E-state index in [9.17, 15) is 9.36 Å². The van der Waals surface area contributed by atoms with Crippen molar-refractivity contribution in [1.29, 1.82) is 0 Å². The van der Waals surface area contributed by atoms with E-state index < -0.39 is 19.4 Å². The molecule has 0 spiro atoms. The Balaban J connectivity index is 2.85. The van der Waals surface area contributed by atoms with Gasteiger partial charge in [0.1, 0.15) is 0 Å². The normalized spacial score (nSPS) is 12.8. The molecule has 0 bridgehead atoms. The molecule has 5 nitrogen and oxygen atoms in total. The Morgan fingerprint density at radius 2 is 1.83 bits per heavy atom. The molecule has 0 heterocycles. The smallest absolute Gasteiger partial charge is 0.374 e. The van der Waals surface area contributed by atoms with Crippen molar-refractivity contribution in [2.75, 3.05) is 14.2 Å². The summed E-state index contributed by atoms with van der Waals surface area (Å²) in [6.07, 6.45) is 1.22. The molecule has 0 aliphatic rings. The first-order valence-electron chi connectivity index (χ1n) is 5.17. The largest absolute Gasteiger partial charge is 0.441 e. The molecule has 1 aromatic rings. The number of carbonyl (C=O) groups excluding carboxylic acids is 1. The van der Waals surface area contributed by atoms with Gasteiger partial charge in [-0.2, -0.15) is 0 Å². The molecule has 0 aliphatic carbocycles. The molecule has 0 saturated carbocycles. The molecule has 98 valence electrons. The van der Waals surface area contributed by atoms with Crippen molar-refractivity contribution in [1.82, 2.24) is 0 Å². The number of hydrogen-bond acceptors (Lipinski definition) is 5. The molecule has 0 aliphatic heterocycles. The Hall–Kier alpha value is -1.42. The van der Waals surface area contributed by atoms with Gasteiger partial charge in [-0.25, -0.2) is 4.79 Å². The van der Waals surface area contributed by atoms with E-state index >= 15 is 0 Å². The molecule has 1 atom stereocenters. The monoisotopic (exact) mass is 270 g/mol. The molecule has 1 aromatic carbocycles. The number of rotatable bonds is 6. The molecule has 0 fully saturated rings. The molecule has 0 N–H and O–H groups in total. The highest BCUT2D eigenvalue weighted by Crippen LogP contribution is 2.52. The summed E-state index contributed by atoms with van der Waals surface area (Å²) in [5.74, 6) is -1.75. The van der Waals surface area contributed by atoms with Crippen LogP contribution in [0.15, 0.2) is 43.0 Å². The summed E-state index contributed by atoms with van der Waals surface area (Å²) in [5, 5.41) is 0. The van der Waals surface area contributed by atoms with Gasteiger partial charge in [-0.3, -0.25) is 4.57 Å². The van der Waals surface area contributed by atoms with Crippen LogP contribution in [0.25, 0.3) is 0 Å². The molecule has 0 aromatic heterocycles. The van der Waals surface area contributed by atoms with Crippen molar-refractivity contribution in [2.45, 2.75) is 5.85 Å². The Morgan fingerprint density at radius 1 is 1.28 bits per heavy atom. The minimum atomic E-state index is -3.53. The predicted molar refractivity (Wildman–Crippen MR) is 67.5 cm³/mol. The average molecular weight is 270 g/mol. The van der Waals surface area contributed by atoms with Gasteiger partial charge >= 0.3 is 13.6 Å². The maximum Gasteiger partial charge on any atom is 0.374 e. The van der Waals surface area contributed by atoms with Gasteiger partial charge in [0.25, 0.3) is 0 Å². The fourth-order valence-corrected chi connectivity index (χ4v) is 2.32. The molecular formula is C12H15O5P. The minimum absolute atomic E-state index is 0.350. The van der Waals surface area contributed by atoms with E-state index in [4.69, 9.17) is 13.8 Å². The van der Waals surface area contributed by atoms with Gasteiger partial charge in [0.2, 0.25) is 5.85 Å². The quantitative estimate of drug-likeness (QED) is 0.452. The summed E-state index contributed by atoms with van der Waals surface area (Å²) in [6, 6.07) is 8.36. The third kappa shape index (κ3) is 3.29. The zero-order valence-corrected chi connectivity index (χ0v) is 11.1. The summed E-state index contributed by atoms with van der Waals surface area (Å²) in [6.45, 7) is 3.46. The van der Waals surface area contributed by atoms with Gasteiger partial charge in [0.05, 0.1) is 5.56 Å². The number of carbonyl (C=O) groups is 1. The fraction of sp³-hybridized carbons (Fsp3) is 0.250. The Labute approximate surface area is 106 Å². The van der Waals surface area contributed by atoms with Crippen LogP contribution < -0.4 is 0 Å². The molecule has 18 heavy (non-hydrogen) atoms. The van der Waals surface area contributed by atoms with E-state index in [-0.39, 0.29) is 0 Å². The van der Waals surface area contributed by atoms with Gasteiger partial charge in [0, 0.05) is 14.2 Å². The van der Waals surface area contributed by atoms with Crippen molar-refractivity contribution in [3.05, 3.63) is 48.6 Å². The lowest BCUT2D eigenvalue weighted by Gasteiger charge is -2.21. The third-order valence-corrected chi connectivity index (χ3v) is 4.22. The van der Waals surface area contributed by atoms with Crippen LogP contribution >= 0.6 is 7.60 Å². The zero-order chi connectivity index (χ0) is 13.6. The lowest BCUT2D eigenvalue weighted by molar-refractivity contribution is 0.0454. The van der Waals surface area contributed by atoms with E-state index in [0.717, 1.165) is 0 Å². The van der Waals surface area contributed by atoms with Gasteiger partial charge in [-0.15, -0.1) is 0 Å². The van der Waals surface area contributed by atoms with Crippen LogP contribution in [-0.2, 0) is 18.3 Å². The number of ether oxygens (including phenoxy) is 1. The average Bonchev–Trinajstić information content (AvgIpc) is 2.44. The first kappa shape index (κ1) is 14.6. The second-order valence-corrected chi connectivity index (χ2v) is 5.62. The summed E-state index contributed by atoms with van der Waals surface area (Å²) in [5.41, 5.74) is 0.350. The number of hydrogen-bond donors (Lipinski definition) is 0. The predicted octanol–water partition coefficient (Wildman–Crippen LogP) is 2.84. The maximum absolute atomic E-state index is 12.1. The molecule has 6 heteroatoms. The van der Waals surface area contributed by atoms with Crippen molar-refractivity contribution in [3.63, 3.8) is 0 Å². The van der Waals surface area contributed by atoms with Crippen LogP contribution in [0.5, 0.6) is 0 Å². The van der Waals surface area contributed by atoms with E-state index in [0.29, 0.717) is 5.56 Å². The van der Waals surface area contributed by atoms with Crippen molar-refractivity contribution < 1.29 is 23.1 Å². The Bertz CT molecular complexity index is 449. The van der Waals surface area contributed by atoms with Crippen molar-refractivity contribution in [3.8, 4) is 0 Å². The lowest BCUT2D eigenvalue weighted by atomic mass is 10.2. The third-order valence-electron chi connectivity index (χ3n) is 2.26. The Morgan fingerprint density at radius 3 is 2.28 bits per heavy atom. The first-order valence-corrected chi connectivity index (χ1v) is 6.78. The van der Waals surface area contributed by atoms with Crippen LogP contribution in [-0.4, -0.2) is 26.0 Å². The summed E-state index contributed by atoms with van der Waals surface area (Å²) in [7, 11) is -1.09. The van der Waals surface area contributed by atoms with Gasteiger partial charge < -0.3 is 13.8 Å². The molecule has 1 rings (SSSR count). The van der Waals surface area contributed by atoms with Crippen LogP contribution in [0, 0.1) is 0 Å². The second-order valence-electron chi connectivity index (χ2n) is 3.30. The second kappa shape index (κ2) is 6.50. The Kier molecular flexibility index (Phi) is 5.28. The molecule has 0 unspecified atom stereocenters. The fourth-order valence-electron chi connectivity index (χ4n) is 1.28. The van der Waals surface area contributed by atoms with Crippen LogP contribution in [0.3, 0.4) is 0 Å². The highest BCUT2D eigenvalue weighted by Gasteiger charge is 2.35. The highest BCUT2D eigenvalue weighted by atomic mass is 31.2. The van der Waals surface area contributed by atoms with E-state index in [2.05, 4.69) is 6.58 Å². The summed E-state index contributed by atoms with van der Waals surface area (Å²) in [4.78, 5) is 11.8. The van der Waals surface area contributed by atoms with E-state index in [1.54, 1.807) is 30.3 Å². The summed E-state index contributed by atoms with van der Waals surface area (Å²) < 4.78 is 26.6. The molecular weight excluding hydrogens is 255 g/mol. The van der Waals surface area contributed by atoms with E-state index in [1.807, 2.05) is 0 Å². The highest BCUT2D eigenvalue weighted by molar-refractivity contribution is 7.54. The topological polar surface area (TPSA) is 61.8 Å². The summed E-state index contributed by atoms with van der Waals surface area (Å²) >= 11 is 0. The van der Waals surface area contributed by atoms with Gasteiger partial charge in [0.15, 0.2) is 0 Å². The van der Waals surface area contributed by atoms with Crippen LogP contribution in [0.4, 0.5) is 0 Å². The molecule has 0 amide bonds. The van der Waals surface area contributed by atoms with Crippen LogP contribution in [0.1, 0.15) is 10.4 Å². The van der Waals surface area contributed by atoms with Crippen molar-refractivity contribution in [2.24, 2.45) is 0 Å². The first-order chi connectivity index (χ1) is 8.57. The standard InChI is InChI=1S/C12H15O5P/c1-4-11(18(14,15-2)16-3)17-12(13)10-8-6-5-7-9-10/h4-9,11H,1H2,2-3H3/t11-/m1/s1. The minimum Gasteiger partial charge on any atom is -0.441 e. The maximum atomic E-state index is 12.1. The molecule has 0 radical (unpaired) electrons. The number of benzene rings is 1.